The number of halogens is 3. The molecule has 2 aromatic rings. The van der Waals surface area contributed by atoms with Gasteiger partial charge in [-0.15, -0.1) is 0 Å². The summed E-state index contributed by atoms with van der Waals surface area (Å²) in [5.41, 5.74) is 1.00. The van der Waals surface area contributed by atoms with Crippen molar-refractivity contribution >= 4 is 5.69 Å². The van der Waals surface area contributed by atoms with Gasteiger partial charge in [-0.25, -0.2) is 0 Å². The fraction of sp³-hybridized carbons (Fsp3) is 0.200. The molecule has 0 bridgehead atoms. The van der Waals surface area contributed by atoms with Gasteiger partial charge in [0.15, 0.2) is 0 Å². The number of benzene rings is 2. The molecule has 0 saturated heterocycles. The first-order valence-electron chi connectivity index (χ1n) is 6.06. The zero-order chi connectivity index (χ0) is 14.6. The SMILES string of the molecule is CNc1ccc(OCc2ccc(C(F)(F)F)cc2)cc1. The fourth-order valence-electron chi connectivity index (χ4n) is 1.67. The zero-order valence-corrected chi connectivity index (χ0v) is 10.9. The molecule has 1 N–H and O–H groups in total. The van der Waals surface area contributed by atoms with Crippen molar-refractivity contribution < 1.29 is 17.9 Å². The molecule has 0 saturated carbocycles. The van der Waals surface area contributed by atoms with E-state index >= 15 is 0 Å². The minimum absolute atomic E-state index is 0.233. The van der Waals surface area contributed by atoms with Crippen LogP contribution in [0.3, 0.4) is 0 Å². The van der Waals surface area contributed by atoms with Crippen molar-refractivity contribution in [2.45, 2.75) is 12.8 Å². The molecule has 20 heavy (non-hydrogen) atoms. The van der Waals surface area contributed by atoms with Gasteiger partial charge in [-0.2, -0.15) is 13.2 Å². The third-order valence-electron chi connectivity index (χ3n) is 2.83. The maximum Gasteiger partial charge on any atom is 0.416 e. The van der Waals surface area contributed by atoms with Crippen molar-refractivity contribution in [1.82, 2.24) is 0 Å². The van der Waals surface area contributed by atoms with Crippen molar-refractivity contribution in [3.63, 3.8) is 0 Å². The molecule has 106 valence electrons. The predicted octanol–water partition coefficient (Wildman–Crippen LogP) is 4.33. The van der Waals surface area contributed by atoms with Crippen LogP contribution in [-0.2, 0) is 12.8 Å². The molecular formula is C15H14F3NO. The molecule has 0 amide bonds. The van der Waals surface area contributed by atoms with Gasteiger partial charge in [0, 0.05) is 12.7 Å². The Morgan fingerprint density at radius 3 is 2.05 bits per heavy atom. The highest BCUT2D eigenvalue weighted by Crippen LogP contribution is 2.29. The minimum atomic E-state index is -4.30. The van der Waals surface area contributed by atoms with Gasteiger partial charge in [0.25, 0.3) is 0 Å². The molecule has 2 rings (SSSR count). The first-order valence-corrected chi connectivity index (χ1v) is 6.06. The molecule has 0 aliphatic heterocycles. The molecule has 2 nitrogen and oxygen atoms in total. The van der Waals surface area contributed by atoms with E-state index in [9.17, 15) is 13.2 Å². The minimum Gasteiger partial charge on any atom is -0.489 e. The number of alkyl halides is 3. The lowest BCUT2D eigenvalue weighted by molar-refractivity contribution is -0.137. The van der Waals surface area contributed by atoms with Gasteiger partial charge in [-0.1, -0.05) is 12.1 Å². The van der Waals surface area contributed by atoms with E-state index < -0.39 is 11.7 Å². The van der Waals surface area contributed by atoms with E-state index in [1.165, 1.54) is 12.1 Å². The number of hydrogen-bond acceptors (Lipinski definition) is 2. The first-order chi connectivity index (χ1) is 9.49. The predicted molar refractivity (Wildman–Crippen MR) is 71.8 cm³/mol. The van der Waals surface area contributed by atoms with Gasteiger partial charge in [-0.3, -0.25) is 0 Å². The lowest BCUT2D eigenvalue weighted by Crippen LogP contribution is -2.05. The fourth-order valence-corrected chi connectivity index (χ4v) is 1.67. The molecule has 0 aromatic heterocycles. The second-order valence-electron chi connectivity index (χ2n) is 4.26. The highest BCUT2D eigenvalue weighted by molar-refractivity contribution is 5.45. The maximum absolute atomic E-state index is 12.4. The van der Waals surface area contributed by atoms with E-state index in [1.54, 1.807) is 12.1 Å². The van der Waals surface area contributed by atoms with Gasteiger partial charge in [0.2, 0.25) is 0 Å². The van der Waals surface area contributed by atoms with Crippen LogP contribution in [0.1, 0.15) is 11.1 Å². The van der Waals surface area contributed by atoms with E-state index in [-0.39, 0.29) is 6.61 Å². The molecule has 0 fully saturated rings. The molecule has 0 heterocycles. The summed E-state index contributed by atoms with van der Waals surface area (Å²) in [4.78, 5) is 0. The Labute approximate surface area is 115 Å². The quantitative estimate of drug-likeness (QED) is 0.900. The van der Waals surface area contributed by atoms with Crippen LogP contribution in [0, 0.1) is 0 Å². The van der Waals surface area contributed by atoms with Crippen molar-refractivity contribution in [2.75, 3.05) is 12.4 Å². The number of nitrogens with one attached hydrogen (secondary N) is 1. The molecule has 0 aliphatic carbocycles. The van der Waals surface area contributed by atoms with E-state index in [0.29, 0.717) is 11.3 Å². The second kappa shape index (κ2) is 5.86. The third-order valence-corrected chi connectivity index (χ3v) is 2.83. The molecule has 0 atom stereocenters. The van der Waals surface area contributed by atoms with Crippen LogP contribution in [0.2, 0.25) is 0 Å². The summed E-state index contributed by atoms with van der Waals surface area (Å²) < 4.78 is 42.7. The van der Waals surface area contributed by atoms with Crippen LogP contribution < -0.4 is 10.1 Å². The molecule has 0 spiro atoms. The molecule has 0 aliphatic rings. The second-order valence-corrected chi connectivity index (χ2v) is 4.26. The van der Waals surface area contributed by atoms with Gasteiger partial charge in [-0.05, 0) is 42.0 Å². The summed E-state index contributed by atoms with van der Waals surface area (Å²) in [6.07, 6.45) is -4.30. The number of rotatable bonds is 4. The smallest absolute Gasteiger partial charge is 0.416 e. The number of hydrogen-bond donors (Lipinski definition) is 1. The molecule has 0 unspecified atom stereocenters. The standard InChI is InChI=1S/C15H14F3NO/c1-19-13-6-8-14(9-7-13)20-10-11-2-4-12(5-3-11)15(16,17)18/h2-9,19H,10H2,1H3. The monoisotopic (exact) mass is 281 g/mol. The Morgan fingerprint density at radius 1 is 0.950 bits per heavy atom. The largest absolute Gasteiger partial charge is 0.489 e. The average molecular weight is 281 g/mol. The Bertz CT molecular complexity index is 547. The van der Waals surface area contributed by atoms with Crippen molar-refractivity contribution in [3.8, 4) is 5.75 Å². The highest BCUT2D eigenvalue weighted by atomic mass is 19.4. The lowest BCUT2D eigenvalue weighted by atomic mass is 10.1. The van der Waals surface area contributed by atoms with Crippen LogP contribution in [0.4, 0.5) is 18.9 Å². The summed E-state index contributed by atoms with van der Waals surface area (Å²) in [7, 11) is 1.82. The van der Waals surface area contributed by atoms with Crippen molar-refractivity contribution in [1.29, 1.82) is 0 Å². The van der Waals surface area contributed by atoms with Crippen LogP contribution in [0.5, 0.6) is 5.75 Å². The summed E-state index contributed by atoms with van der Waals surface area (Å²) >= 11 is 0. The Hall–Kier alpha value is -2.17. The molecule has 5 heteroatoms. The van der Waals surface area contributed by atoms with Gasteiger partial charge in [0.1, 0.15) is 12.4 Å². The normalized spacial score (nSPS) is 11.2. The van der Waals surface area contributed by atoms with Gasteiger partial charge in [0.05, 0.1) is 5.56 Å². The third kappa shape index (κ3) is 3.66. The number of ether oxygens (including phenoxy) is 1. The first kappa shape index (κ1) is 14.2. The van der Waals surface area contributed by atoms with Crippen LogP contribution in [0.15, 0.2) is 48.5 Å². The van der Waals surface area contributed by atoms with E-state index in [2.05, 4.69) is 5.32 Å². The van der Waals surface area contributed by atoms with Crippen LogP contribution in [-0.4, -0.2) is 7.05 Å². The number of anilines is 1. The van der Waals surface area contributed by atoms with E-state index in [4.69, 9.17) is 4.74 Å². The molecule has 0 radical (unpaired) electrons. The van der Waals surface area contributed by atoms with E-state index in [1.807, 2.05) is 19.2 Å². The Morgan fingerprint density at radius 2 is 1.55 bits per heavy atom. The summed E-state index contributed by atoms with van der Waals surface area (Å²) in [5, 5.41) is 2.99. The van der Waals surface area contributed by atoms with Gasteiger partial charge < -0.3 is 10.1 Å². The van der Waals surface area contributed by atoms with Crippen molar-refractivity contribution in [3.05, 3.63) is 59.7 Å². The van der Waals surface area contributed by atoms with Crippen LogP contribution in [0.25, 0.3) is 0 Å². The average Bonchev–Trinajstić information content (AvgIpc) is 2.45. The Kier molecular flexibility index (Phi) is 4.17. The zero-order valence-electron chi connectivity index (χ0n) is 10.9. The maximum atomic E-state index is 12.4. The molecule has 2 aromatic carbocycles. The molecular weight excluding hydrogens is 267 g/mol. The highest BCUT2D eigenvalue weighted by Gasteiger charge is 2.29. The summed E-state index contributed by atoms with van der Waals surface area (Å²) in [6, 6.07) is 12.3. The van der Waals surface area contributed by atoms with Crippen LogP contribution >= 0.6 is 0 Å². The van der Waals surface area contributed by atoms with Gasteiger partial charge >= 0.3 is 6.18 Å². The van der Waals surface area contributed by atoms with Crippen molar-refractivity contribution in [2.24, 2.45) is 0 Å². The Balaban J connectivity index is 1.96. The lowest BCUT2D eigenvalue weighted by Gasteiger charge is -2.09. The van der Waals surface area contributed by atoms with E-state index in [0.717, 1.165) is 17.8 Å². The topological polar surface area (TPSA) is 21.3 Å². The summed E-state index contributed by atoms with van der Waals surface area (Å²) in [5.74, 6) is 0.670. The summed E-state index contributed by atoms with van der Waals surface area (Å²) in [6.45, 7) is 0.233.